The van der Waals surface area contributed by atoms with Crippen molar-refractivity contribution in [2.24, 2.45) is 0 Å². The Morgan fingerprint density at radius 3 is 2.35 bits per heavy atom. The summed E-state index contributed by atoms with van der Waals surface area (Å²) in [6, 6.07) is 22.2. The van der Waals surface area contributed by atoms with Crippen molar-refractivity contribution in [3.63, 3.8) is 0 Å². The third-order valence-corrected chi connectivity index (χ3v) is 4.50. The molecular formula is C21H16ClNO3. The summed E-state index contributed by atoms with van der Waals surface area (Å²) in [5.74, 6) is 1.05. The first-order chi connectivity index (χ1) is 12.7. The maximum absolute atomic E-state index is 12.8. The number of carbonyl (C=O) groups excluding carboxylic acids is 1. The minimum atomic E-state index is -0.286. The molecule has 5 heteroatoms. The molecule has 1 aliphatic heterocycles. The van der Waals surface area contributed by atoms with Crippen LogP contribution in [0.4, 0.5) is 0 Å². The minimum Gasteiger partial charge on any atom is -0.454 e. The summed E-state index contributed by atoms with van der Waals surface area (Å²) in [6.45, 7) is 0.178. The largest absolute Gasteiger partial charge is 0.454 e. The predicted molar refractivity (Wildman–Crippen MR) is 99.8 cm³/mol. The highest BCUT2D eigenvalue weighted by Crippen LogP contribution is 2.33. The minimum absolute atomic E-state index is 0.178. The van der Waals surface area contributed by atoms with Gasteiger partial charge in [0.05, 0.1) is 6.04 Å². The summed E-state index contributed by atoms with van der Waals surface area (Å²) >= 11 is 6.01. The molecule has 1 atom stereocenters. The average molecular weight is 366 g/mol. The summed E-state index contributed by atoms with van der Waals surface area (Å²) in [7, 11) is 0. The van der Waals surface area contributed by atoms with Gasteiger partial charge >= 0.3 is 0 Å². The van der Waals surface area contributed by atoms with E-state index < -0.39 is 0 Å². The summed E-state index contributed by atoms with van der Waals surface area (Å²) in [5, 5.41) is 3.75. The first kappa shape index (κ1) is 16.5. The van der Waals surface area contributed by atoms with Gasteiger partial charge in [-0.15, -0.1) is 0 Å². The van der Waals surface area contributed by atoms with E-state index in [0.717, 1.165) is 11.1 Å². The van der Waals surface area contributed by atoms with Gasteiger partial charge in [-0.2, -0.15) is 0 Å². The van der Waals surface area contributed by atoms with E-state index >= 15 is 0 Å². The lowest BCUT2D eigenvalue weighted by molar-refractivity contribution is 0.0942. The summed E-state index contributed by atoms with van der Waals surface area (Å²) in [5.41, 5.74) is 2.46. The number of hydrogen-bond acceptors (Lipinski definition) is 3. The van der Waals surface area contributed by atoms with Gasteiger partial charge < -0.3 is 14.8 Å². The van der Waals surface area contributed by atoms with E-state index in [1.54, 1.807) is 18.2 Å². The molecule has 1 amide bonds. The van der Waals surface area contributed by atoms with Crippen LogP contribution in [0.15, 0.2) is 72.8 Å². The standard InChI is InChI=1S/C21H16ClNO3/c22-17-9-6-15(7-10-17)20(14-4-2-1-3-5-14)23-21(24)16-8-11-18-19(12-16)26-13-25-18/h1-12,20H,13H2,(H,23,24). The van der Waals surface area contributed by atoms with Crippen LogP contribution in [-0.2, 0) is 0 Å². The lowest BCUT2D eigenvalue weighted by Gasteiger charge is -2.20. The molecular weight excluding hydrogens is 350 g/mol. The molecule has 0 saturated heterocycles. The second kappa shape index (κ2) is 7.10. The van der Waals surface area contributed by atoms with Crippen molar-refractivity contribution in [2.45, 2.75) is 6.04 Å². The number of ether oxygens (including phenoxy) is 2. The fourth-order valence-electron chi connectivity index (χ4n) is 2.91. The second-order valence-electron chi connectivity index (χ2n) is 5.94. The molecule has 4 rings (SSSR count). The van der Waals surface area contributed by atoms with Crippen molar-refractivity contribution in [3.8, 4) is 11.5 Å². The van der Waals surface area contributed by atoms with E-state index in [1.807, 2.05) is 54.6 Å². The molecule has 3 aromatic carbocycles. The Morgan fingerprint density at radius 2 is 1.58 bits per heavy atom. The van der Waals surface area contributed by atoms with Crippen LogP contribution in [-0.4, -0.2) is 12.7 Å². The number of hydrogen-bond donors (Lipinski definition) is 1. The van der Waals surface area contributed by atoms with E-state index in [2.05, 4.69) is 5.32 Å². The first-order valence-electron chi connectivity index (χ1n) is 8.21. The van der Waals surface area contributed by atoms with Gasteiger partial charge in [0.25, 0.3) is 5.91 Å². The van der Waals surface area contributed by atoms with E-state index in [9.17, 15) is 4.79 Å². The third-order valence-electron chi connectivity index (χ3n) is 4.25. The lowest BCUT2D eigenvalue weighted by Crippen LogP contribution is -2.29. The van der Waals surface area contributed by atoms with Crippen molar-refractivity contribution in [1.82, 2.24) is 5.32 Å². The Balaban J connectivity index is 1.64. The zero-order valence-corrected chi connectivity index (χ0v) is 14.6. The Hall–Kier alpha value is -2.98. The number of amides is 1. The molecule has 0 spiro atoms. The van der Waals surface area contributed by atoms with Crippen molar-refractivity contribution in [1.29, 1.82) is 0 Å². The molecule has 3 aromatic rings. The quantitative estimate of drug-likeness (QED) is 0.735. The molecule has 1 aliphatic rings. The molecule has 0 saturated carbocycles. The molecule has 0 aromatic heterocycles. The van der Waals surface area contributed by atoms with E-state index in [0.29, 0.717) is 22.1 Å². The second-order valence-corrected chi connectivity index (χ2v) is 6.37. The zero-order valence-electron chi connectivity index (χ0n) is 13.8. The number of rotatable bonds is 4. The first-order valence-corrected chi connectivity index (χ1v) is 8.59. The van der Waals surface area contributed by atoms with E-state index in [4.69, 9.17) is 21.1 Å². The van der Waals surface area contributed by atoms with Gasteiger partial charge in [0, 0.05) is 10.6 Å². The van der Waals surface area contributed by atoms with Crippen molar-refractivity contribution in [2.75, 3.05) is 6.79 Å². The fraction of sp³-hybridized carbons (Fsp3) is 0.0952. The SMILES string of the molecule is O=C(NC(c1ccccc1)c1ccc(Cl)cc1)c1ccc2c(c1)OCO2. The van der Waals surface area contributed by atoms with Gasteiger partial charge in [0.1, 0.15) is 0 Å². The number of carbonyl (C=O) groups is 1. The molecule has 1 heterocycles. The number of halogens is 1. The number of benzene rings is 3. The smallest absolute Gasteiger partial charge is 0.252 e. The fourth-order valence-corrected chi connectivity index (χ4v) is 3.04. The van der Waals surface area contributed by atoms with Gasteiger partial charge in [-0.1, -0.05) is 54.1 Å². The third kappa shape index (κ3) is 3.37. The van der Waals surface area contributed by atoms with Gasteiger partial charge in [-0.3, -0.25) is 4.79 Å². The maximum Gasteiger partial charge on any atom is 0.252 e. The molecule has 4 nitrogen and oxygen atoms in total. The van der Waals surface area contributed by atoms with Crippen LogP contribution >= 0.6 is 11.6 Å². The number of fused-ring (bicyclic) bond motifs is 1. The highest BCUT2D eigenvalue weighted by Gasteiger charge is 2.20. The molecule has 0 fully saturated rings. The zero-order chi connectivity index (χ0) is 17.9. The van der Waals surface area contributed by atoms with Crippen molar-refractivity contribution < 1.29 is 14.3 Å². The normalized spacial score (nSPS) is 13.3. The molecule has 1 unspecified atom stereocenters. The van der Waals surface area contributed by atoms with Crippen LogP contribution in [0, 0.1) is 0 Å². The van der Waals surface area contributed by atoms with Crippen molar-refractivity contribution >= 4 is 17.5 Å². The monoisotopic (exact) mass is 365 g/mol. The summed E-state index contributed by atoms with van der Waals surface area (Å²) < 4.78 is 10.7. The highest BCUT2D eigenvalue weighted by atomic mass is 35.5. The van der Waals surface area contributed by atoms with Crippen LogP contribution < -0.4 is 14.8 Å². The van der Waals surface area contributed by atoms with Gasteiger partial charge in [0.2, 0.25) is 6.79 Å². The highest BCUT2D eigenvalue weighted by molar-refractivity contribution is 6.30. The summed E-state index contributed by atoms with van der Waals surface area (Å²) in [4.78, 5) is 12.8. The average Bonchev–Trinajstić information content (AvgIpc) is 3.15. The molecule has 1 N–H and O–H groups in total. The van der Waals surface area contributed by atoms with Gasteiger partial charge in [-0.25, -0.2) is 0 Å². The van der Waals surface area contributed by atoms with E-state index in [-0.39, 0.29) is 18.7 Å². The van der Waals surface area contributed by atoms with E-state index in [1.165, 1.54) is 0 Å². The number of nitrogens with one attached hydrogen (secondary N) is 1. The van der Waals surface area contributed by atoms with Crippen LogP contribution in [0.5, 0.6) is 11.5 Å². The Bertz CT molecular complexity index is 926. The van der Waals surface area contributed by atoms with Crippen molar-refractivity contribution in [3.05, 3.63) is 94.5 Å². The predicted octanol–water partition coefficient (Wildman–Crippen LogP) is 4.59. The molecule has 26 heavy (non-hydrogen) atoms. The Kier molecular flexibility index (Phi) is 4.50. The van der Waals surface area contributed by atoms with Gasteiger partial charge in [-0.05, 0) is 41.5 Å². The Morgan fingerprint density at radius 1 is 0.885 bits per heavy atom. The molecule has 0 radical (unpaired) electrons. The molecule has 0 bridgehead atoms. The van der Waals surface area contributed by atoms with Crippen LogP contribution in [0.25, 0.3) is 0 Å². The van der Waals surface area contributed by atoms with Crippen LogP contribution in [0.3, 0.4) is 0 Å². The topological polar surface area (TPSA) is 47.6 Å². The van der Waals surface area contributed by atoms with Gasteiger partial charge in [0.15, 0.2) is 11.5 Å². The summed E-state index contributed by atoms with van der Waals surface area (Å²) in [6.07, 6.45) is 0. The van der Waals surface area contributed by atoms with Crippen LogP contribution in [0.2, 0.25) is 5.02 Å². The molecule has 130 valence electrons. The lowest BCUT2D eigenvalue weighted by atomic mass is 9.98. The Labute approximate surface area is 156 Å². The maximum atomic E-state index is 12.8. The van der Waals surface area contributed by atoms with Crippen LogP contribution in [0.1, 0.15) is 27.5 Å². The molecule has 0 aliphatic carbocycles.